The average molecular weight is 378 g/mol. The van der Waals surface area contributed by atoms with Gasteiger partial charge in [-0.3, -0.25) is 14.9 Å². The molecular formula is C20H18N4O2S. The van der Waals surface area contributed by atoms with Crippen LogP contribution in [0.25, 0.3) is 21.0 Å². The van der Waals surface area contributed by atoms with Crippen LogP contribution < -0.4 is 10.9 Å². The van der Waals surface area contributed by atoms with Crippen LogP contribution in [-0.2, 0) is 6.42 Å². The number of H-pyrrole nitrogens is 1. The summed E-state index contributed by atoms with van der Waals surface area (Å²) in [5.74, 6) is -0.396. The van der Waals surface area contributed by atoms with Crippen molar-refractivity contribution in [3.8, 4) is 0 Å². The highest BCUT2D eigenvalue weighted by molar-refractivity contribution is 7.22. The predicted molar refractivity (Wildman–Crippen MR) is 109 cm³/mol. The number of carbonyl (C=O) groups excluding carboxylic acids is 1. The second-order valence-electron chi connectivity index (χ2n) is 6.33. The van der Waals surface area contributed by atoms with Crippen LogP contribution in [-0.4, -0.2) is 21.1 Å². The SMILES string of the molecule is CCCCc1ccc2nc(NC(=O)c3n[nH]c(=O)c4ccccc34)sc2c1. The summed E-state index contributed by atoms with van der Waals surface area (Å²) < 4.78 is 1.04. The van der Waals surface area contributed by atoms with Crippen LogP contribution in [0.2, 0.25) is 0 Å². The summed E-state index contributed by atoms with van der Waals surface area (Å²) in [7, 11) is 0. The summed E-state index contributed by atoms with van der Waals surface area (Å²) in [6.07, 6.45) is 3.35. The Hall–Kier alpha value is -3.06. The summed E-state index contributed by atoms with van der Waals surface area (Å²) in [5, 5.41) is 10.6. The maximum absolute atomic E-state index is 12.7. The number of nitrogens with one attached hydrogen (secondary N) is 2. The first-order chi connectivity index (χ1) is 13.2. The maximum Gasteiger partial charge on any atom is 0.278 e. The van der Waals surface area contributed by atoms with Crippen molar-refractivity contribution in [1.82, 2.24) is 15.2 Å². The monoisotopic (exact) mass is 378 g/mol. The van der Waals surface area contributed by atoms with E-state index in [1.54, 1.807) is 24.3 Å². The maximum atomic E-state index is 12.7. The highest BCUT2D eigenvalue weighted by Crippen LogP contribution is 2.28. The van der Waals surface area contributed by atoms with Gasteiger partial charge in [0.1, 0.15) is 0 Å². The van der Waals surface area contributed by atoms with Crippen LogP contribution >= 0.6 is 11.3 Å². The van der Waals surface area contributed by atoms with Gasteiger partial charge in [-0.25, -0.2) is 10.1 Å². The van der Waals surface area contributed by atoms with Gasteiger partial charge in [-0.1, -0.05) is 48.9 Å². The Kier molecular flexibility index (Phi) is 4.68. The second-order valence-corrected chi connectivity index (χ2v) is 7.36. The number of hydrogen-bond donors (Lipinski definition) is 2. The van der Waals surface area contributed by atoms with Gasteiger partial charge in [-0.05, 0) is 36.6 Å². The summed E-state index contributed by atoms with van der Waals surface area (Å²) in [5.41, 5.74) is 1.99. The molecule has 0 aliphatic carbocycles. The van der Waals surface area contributed by atoms with Gasteiger partial charge in [0.25, 0.3) is 11.5 Å². The molecule has 136 valence electrons. The molecule has 0 spiro atoms. The van der Waals surface area contributed by atoms with Crippen LogP contribution in [0.5, 0.6) is 0 Å². The summed E-state index contributed by atoms with van der Waals surface area (Å²) in [6.45, 7) is 2.17. The topological polar surface area (TPSA) is 87.7 Å². The minimum Gasteiger partial charge on any atom is -0.296 e. The van der Waals surface area contributed by atoms with Gasteiger partial charge in [0.05, 0.1) is 15.6 Å². The molecule has 0 radical (unpaired) electrons. The molecule has 0 saturated carbocycles. The van der Waals surface area contributed by atoms with E-state index in [0.29, 0.717) is 15.9 Å². The molecule has 0 fully saturated rings. The van der Waals surface area contributed by atoms with Crippen LogP contribution in [0.1, 0.15) is 35.8 Å². The highest BCUT2D eigenvalue weighted by atomic mass is 32.1. The zero-order chi connectivity index (χ0) is 18.8. The van der Waals surface area contributed by atoms with E-state index in [4.69, 9.17) is 0 Å². The molecular weight excluding hydrogens is 360 g/mol. The lowest BCUT2D eigenvalue weighted by atomic mass is 10.1. The Morgan fingerprint density at radius 1 is 1.19 bits per heavy atom. The number of carbonyl (C=O) groups is 1. The van der Waals surface area contributed by atoms with Crippen molar-refractivity contribution in [2.45, 2.75) is 26.2 Å². The molecule has 7 heteroatoms. The summed E-state index contributed by atoms with van der Waals surface area (Å²) in [6, 6.07) is 13.1. The molecule has 0 aliphatic rings. The number of fused-ring (bicyclic) bond motifs is 2. The molecule has 27 heavy (non-hydrogen) atoms. The Labute approximate surface area is 159 Å². The van der Waals surface area contributed by atoms with Gasteiger partial charge in [0, 0.05) is 5.39 Å². The van der Waals surface area contributed by atoms with Crippen molar-refractivity contribution in [2.24, 2.45) is 0 Å². The number of aromatic nitrogens is 3. The molecule has 0 bridgehead atoms. The molecule has 0 atom stereocenters. The van der Waals surface area contributed by atoms with Crippen molar-refractivity contribution in [1.29, 1.82) is 0 Å². The number of amides is 1. The number of benzene rings is 2. The van der Waals surface area contributed by atoms with Crippen molar-refractivity contribution >= 4 is 43.4 Å². The standard InChI is InChI=1S/C20H18N4O2S/c1-2-3-6-12-9-10-15-16(11-12)27-20(21-15)22-19(26)17-13-7-4-5-8-14(13)18(25)24-23-17/h4-5,7-11H,2-3,6H2,1H3,(H,24,25)(H,21,22,26). The Morgan fingerprint density at radius 2 is 2.00 bits per heavy atom. The fourth-order valence-electron chi connectivity index (χ4n) is 3.00. The third-order valence-corrected chi connectivity index (χ3v) is 5.34. The Balaban J connectivity index is 1.63. The molecule has 1 amide bonds. The van der Waals surface area contributed by atoms with E-state index in [1.165, 1.54) is 16.9 Å². The van der Waals surface area contributed by atoms with E-state index in [9.17, 15) is 9.59 Å². The van der Waals surface area contributed by atoms with E-state index in [2.05, 4.69) is 39.6 Å². The smallest absolute Gasteiger partial charge is 0.278 e. The number of anilines is 1. The van der Waals surface area contributed by atoms with Gasteiger partial charge in [-0.2, -0.15) is 5.10 Å². The third-order valence-electron chi connectivity index (χ3n) is 4.40. The molecule has 0 aliphatic heterocycles. The van der Waals surface area contributed by atoms with Crippen LogP contribution in [0.15, 0.2) is 47.3 Å². The highest BCUT2D eigenvalue weighted by Gasteiger charge is 2.16. The summed E-state index contributed by atoms with van der Waals surface area (Å²) in [4.78, 5) is 29.1. The first-order valence-corrected chi connectivity index (χ1v) is 9.65. The van der Waals surface area contributed by atoms with Crippen molar-refractivity contribution in [3.05, 3.63) is 64.1 Å². The second kappa shape index (κ2) is 7.28. The molecule has 2 aromatic carbocycles. The molecule has 0 unspecified atom stereocenters. The van der Waals surface area contributed by atoms with Gasteiger partial charge >= 0.3 is 0 Å². The van der Waals surface area contributed by atoms with Crippen LogP contribution in [0, 0.1) is 0 Å². The number of rotatable bonds is 5. The van der Waals surface area contributed by atoms with Crippen molar-refractivity contribution in [2.75, 3.05) is 5.32 Å². The molecule has 4 rings (SSSR count). The largest absolute Gasteiger partial charge is 0.296 e. The number of unbranched alkanes of at least 4 members (excludes halogenated alkanes) is 1. The van der Waals surface area contributed by atoms with E-state index >= 15 is 0 Å². The van der Waals surface area contributed by atoms with Gasteiger partial charge in [-0.15, -0.1) is 0 Å². The first-order valence-electron chi connectivity index (χ1n) is 8.84. The lowest BCUT2D eigenvalue weighted by molar-refractivity contribution is 0.102. The predicted octanol–water partition coefficient (Wildman–Crippen LogP) is 4.13. The van der Waals surface area contributed by atoms with Gasteiger partial charge in [0.2, 0.25) is 0 Å². The normalized spacial score (nSPS) is 11.1. The molecule has 6 nitrogen and oxygen atoms in total. The third kappa shape index (κ3) is 3.46. The molecule has 0 saturated heterocycles. The average Bonchev–Trinajstić information content (AvgIpc) is 3.08. The molecule has 2 N–H and O–H groups in total. The first kappa shape index (κ1) is 17.4. The van der Waals surface area contributed by atoms with Crippen LogP contribution in [0.3, 0.4) is 0 Å². The number of thiazole rings is 1. The summed E-state index contributed by atoms with van der Waals surface area (Å²) >= 11 is 1.43. The van der Waals surface area contributed by atoms with E-state index in [1.807, 2.05) is 6.07 Å². The van der Waals surface area contributed by atoms with Gasteiger partial charge < -0.3 is 0 Å². The van der Waals surface area contributed by atoms with Crippen molar-refractivity contribution in [3.63, 3.8) is 0 Å². The zero-order valence-electron chi connectivity index (χ0n) is 14.8. The molecule has 2 heterocycles. The Morgan fingerprint density at radius 3 is 2.81 bits per heavy atom. The minimum atomic E-state index is -0.396. The number of nitrogens with zero attached hydrogens (tertiary/aromatic N) is 2. The zero-order valence-corrected chi connectivity index (χ0v) is 15.6. The quantitative estimate of drug-likeness (QED) is 0.547. The fourth-order valence-corrected chi connectivity index (χ4v) is 3.93. The number of aryl methyl sites for hydroxylation is 1. The number of aromatic amines is 1. The Bertz CT molecular complexity index is 1200. The molecule has 4 aromatic rings. The van der Waals surface area contributed by atoms with E-state index in [0.717, 1.165) is 29.5 Å². The van der Waals surface area contributed by atoms with E-state index in [-0.39, 0.29) is 11.3 Å². The van der Waals surface area contributed by atoms with Gasteiger partial charge in [0.15, 0.2) is 10.8 Å². The van der Waals surface area contributed by atoms with Crippen molar-refractivity contribution < 1.29 is 4.79 Å². The van der Waals surface area contributed by atoms with E-state index < -0.39 is 5.91 Å². The fraction of sp³-hybridized carbons (Fsp3) is 0.200. The van der Waals surface area contributed by atoms with Crippen LogP contribution in [0.4, 0.5) is 5.13 Å². The lowest BCUT2D eigenvalue weighted by Gasteiger charge is -2.04. The molecule has 2 aromatic heterocycles. The minimum absolute atomic E-state index is 0.174. The number of hydrogen-bond acceptors (Lipinski definition) is 5. The lowest BCUT2D eigenvalue weighted by Crippen LogP contribution is -2.19.